The molecule has 0 bridgehead atoms. The summed E-state index contributed by atoms with van der Waals surface area (Å²) in [5.74, 6) is 0.319. The Morgan fingerprint density at radius 2 is 1.96 bits per heavy atom. The number of aliphatic hydroxyl groups excluding tert-OH is 1. The summed E-state index contributed by atoms with van der Waals surface area (Å²) >= 11 is 0. The van der Waals surface area contributed by atoms with Gasteiger partial charge in [-0.05, 0) is 63.1 Å². The predicted molar refractivity (Wildman–Crippen MR) is 99.6 cm³/mol. The number of likely N-dealkylation sites (tertiary alicyclic amines) is 1. The normalized spacial score (nSPS) is 32.1. The van der Waals surface area contributed by atoms with Crippen LogP contribution >= 0.6 is 0 Å². The molecule has 0 radical (unpaired) electrons. The fraction of sp³-hybridized carbons (Fsp3) is 0.619. The number of hydrogen-bond donors (Lipinski definition) is 1. The van der Waals surface area contributed by atoms with Crippen LogP contribution < -0.4 is 4.90 Å². The van der Waals surface area contributed by atoms with Crippen LogP contribution in [0.4, 0.5) is 5.69 Å². The van der Waals surface area contributed by atoms with Crippen molar-refractivity contribution in [1.82, 2.24) is 4.90 Å². The lowest BCUT2D eigenvalue weighted by atomic mass is 9.78. The van der Waals surface area contributed by atoms with Crippen molar-refractivity contribution in [3.05, 3.63) is 29.8 Å². The van der Waals surface area contributed by atoms with E-state index in [4.69, 9.17) is 5.26 Å². The number of amides is 1. The molecule has 3 aliphatic rings. The molecule has 2 aliphatic heterocycles. The highest BCUT2D eigenvalue weighted by Crippen LogP contribution is 2.43. The molecular formula is C21H27N3O2. The number of hydrogen-bond acceptors (Lipinski definition) is 4. The van der Waals surface area contributed by atoms with E-state index in [-0.39, 0.29) is 11.5 Å². The molecule has 26 heavy (non-hydrogen) atoms. The minimum absolute atomic E-state index is 0.185. The minimum Gasteiger partial charge on any atom is -0.393 e. The summed E-state index contributed by atoms with van der Waals surface area (Å²) in [5, 5.41) is 18.9. The number of aliphatic hydroxyl groups is 1. The van der Waals surface area contributed by atoms with E-state index in [0.29, 0.717) is 17.5 Å². The average molecular weight is 353 g/mol. The van der Waals surface area contributed by atoms with Crippen LogP contribution in [0, 0.1) is 16.7 Å². The maximum absolute atomic E-state index is 13.3. The highest BCUT2D eigenvalue weighted by Gasteiger charge is 2.50. The zero-order valence-corrected chi connectivity index (χ0v) is 15.2. The standard InChI is InChI=1S/C21H27N3O2/c22-14-16-3-1-4-18(13-16)23-11-2-9-21(15-23)10-12-24(20(21)26)17-5-7-19(25)8-6-17/h1,3-4,13,17,19,25H,2,5-12,15H2/t17?,19?,21-/m0/s1. The molecule has 1 aromatic rings. The highest BCUT2D eigenvalue weighted by molar-refractivity contribution is 5.86. The lowest BCUT2D eigenvalue weighted by Gasteiger charge is -2.41. The van der Waals surface area contributed by atoms with Crippen molar-refractivity contribution in [2.24, 2.45) is 5.41 Å². The smallest absolute Gasteiger partial charge is 0.230 e. The first kappa shape index (κ1) is 17.4. The van der Waals surface area contributed by atoms with E-state index in [9.17, 15) is 9.90 Å². The van der Waals surface area contributed by atoms with Gasteiger partial charge in [0.05, 0.1) is 23.2 Å². The van der Waals surface area contributed by atoms with Crippen LogP contribution in [0.2, 0.25) is 0 Å². The molecule has 0 aromatic heterocycles. The Hall–Kier alpha value is -2.06. The van der Waals surface area contributed by atoms with Crippen LogP contribution in [0.3, 0.4) is 0 Å². The number of carbonyl (C=O) groups excluding carboxylic acids is 1. The van der Waals surface area contributed by atoms with Gasteiger partial charge >= 0.3 is 0 Å². The van der Waals surface area contributed by atoms with E-state index in [1.54, 1.807) is 0 Å². The number of piperidine rings is 1. The summed E-state index contributed by atoms with van der Waals surface area (Å²) in [7, 11) is 0. The molecule has 2 saturated heterocycles. The molecule has 1 amide bonds. The van der Waals surface area contributed by atoms with Gasteiger partial charge in [-0.2, -0.15) is 5.26 Å². The third-order valence-electron chi connectivity index (χ3n) is 6.57. The molecule has 3 fully saturated rings. The van der Waals surface area contributed by atoms with Gasteiger partial charge in [0.1, 0.15) is 0 Å². The highest BCUT2D eigenvalue weighted by atomic mass is 16.3. The van der Waals surface area contributed by atoms with Crippen molar-refractivity contribution >= 4 is 11.6 Å². The van der Waals surface area contributed by atoms with Crippen molar-refractivity contribution in [2.75, 3.05) is 24.5 Å². The first-order chi connectivity index (χ1) is 12.6. The second-order valence-electron chi connectivity index (χ2n) is 8.18. The zero-order valence-electron chi connectivity index (χ0n) is 15.2. The quantitative estimate of drug-likeness (QED) is 0.888. The summed E-state index contributed by atoms with van der Waals surface area (Å²) < 4.78 is 0. The van der Waals surface area contributed by atoms with Gasteiger partial charge in [-0.25, -0.2) is 0 Å². The van der Waals surface area contributed by atoms with Gasteiger partial charge in [-0.3, -0.25) is 4.79 Å². The van der Waals surface area contributed by atoms with Crippen LogP contribution in [-0.2, 0) is 4.79 Å². The minimum atomic E-state index is -0.267. The van der Waals surface area contributed by atoms with E-state index in [1.807, 2.05) is 24.3 Å². The maximum atomic E-state index is 13.3. The van der Waals surface area contributed by atoms with Gasteiger partial charge in [-0.15, -0.1) is 0 Å². The van der Waals surface area contributed by atoms with Gasteiger partial charge in [0.2, 0.25) is 5.91 Å². The van der Waals surface area contributed by atoms with E-state index >= 15 is 0 Å². The predicted octanol–water partition coefficient (Wildman–Crippen LogP) is 2.68. The summed E-state index contributed by atoms with van der Waals surface area (Å²) in [6.45, 7) is 2.55. The molecule has 1 aliphatic carbocycles. The Labute approximate surface area is 155 Å². The van der Waals surface area contributed by atoms with E-state index in [1.165, 1.54) is 0 Å². The molecule has 2 heterocycles. The van der Waals surface area contributed by atoms with Gasteiger partial charge in [-0.1, -0.05) is 6.07 Å². The molecule has 0 unspecified atom stereocenters. The molecule has 1 saturated carbocycles. The van der Waals surface area contributed by atoms with Gasteiger partial charge in [0.15, 0.2) is 0 Å². The Bertz CT molecular complexity index is 720. The van der Waals surface area contributed by atoms with Crippen LogP contribution in [0.15, 0.2) is 24.3 Å². The van der Waals surface area contributed by atoms with E-state index in [0.717, 1.165) is 70.3 Å². The lowest BCUT2D eigenvalue weighted by molar-refractivity contribution is -0.139. The number of nitrogens with zero attached hydrogens (tertiary/aromatic N) is 3. The average Bonchev–Trinajstić information content (AvgIpc) is 2.98. The monoisotopic (exact) mass is 353 g/mol. The number of carbonyl (C=O) groups is 1. The summed E-state index contributed by atoms with van der Waals surface area (Å²) in [5.41, 5.74) is 1.45. The van der Waals surface area contributed by atoms with Crippen molar-refractivity contribution in [3.8, 4) is 6.07 Å². The van der Waals surface area contributed by atoms with Gasteiger partial charge < -0.3 is 14.9 Å². The molecule has 5 heteroatoms. The molecule has 4 rings (SSSR count). The van der Waals surface area contributed by atoms with Crippen molar-refractivity contribution < 1.29 is 9.90 Å². The number of benzene rings is 1. The molecule has 138 valence electrons. The number of anilines is 1. The zero-order chi connectivity index (χ0) is 18.1. The van der Waals surface area contributed by atoms with Crippen molar-refractivity contribution in [1.29, 1.82) is 5.26 Å². The molecule has 1 N–H and O–H groups in total. The fourth-order valence-corrected chi connectivity index (χ4v) is 5.07. The molecular weight excluding hydrogens is 326 g/mol. The fourth-order valence-electron chi connectivity index (χ4n) is 5.07. The van der Waals surface area contributed by atoms with E-state index in [2.05, 4.69) is 15.9 Å². The van der Waals surface area contributed by atoms with Gasteiger partial charge in [0.25, 0.3) is 0 Å². The van der Waals surface area contributed by atoms with E-state index < -0.39 is 0 Å². The Morgan fingerprint density at radius 3 is 2.73 bits per heavy atom. The van der Waals surface area contributed by atoms with Crippen molar-refractivity contribution in [2.45, 2.75) is 57.1 Å². The topological polar surface area (TPSA) is 67.6 Å². The van der Waals surface area contributed by atoms with Crippen LogP contribution in [0.1, 0.15) is 50.5 Å². The van der Waals surface area contributed by atoms with Gasteiger partial charge in [0, 0.05) is 31.4 Å². The summed E-state index contributed by atoms with van der Waals surface area (Å²) in [6, 6.07) is 10.2. The van der Waals surface area contributed by atoms with Crippen molar-refractivity contribution in [3.63, 3.8) is 0 Å². The van der Waals surface area contributed by atoms with Crippen LogP contribution in [0.5, 0.6) is 0 Å². The molecule has 5 nitrogen and oxygen atoms in total. The SMILES string of the molecule is N#Cc1cccc(N2CCC[C@]3(CCN(C4CCC(O)CC4)C3=O)C2)c1. The Morgan fingerprint density at radius 1 is 1.15 bits per heavy atom. The summed E-state index contributed by atoms with van der Waals surface area (Å²) in [4.78, 5) is 17.7. The molecule has 1 atom stereocenters. The Kier molecular flexibility index (Phi) is 4.62. The third kappa shape index (κ3) is 3.07. The van der Waals surface area contributed by atoms with Crippen LogP contribution in [0.25, 0.3) is 0 Å². The maximum Gasteiger partial charge on any atom is 0.230 e. The second kappa shape index (κ2) is 6.92. The third-order valence-corrected chi connectivity index (χ3v) is 6.57. The molecule has 1 spiro atoms. The molecule has 1 aromatic carbocycles. The lowest BCUT2D eigenvalue weighted by Crippen LogP contribution is -2.50. The largest absolute Gasteiger partial charge is 0.393 e. The summed E-state index contributed by atoms with van der Waals surface area (Å²) in [6.07, 6.45) is 6.21. The first-order valence-electron chi connectivity index (χ1n) is 9.86. The number of rotatable bonds is 2. The number of nitriles is 1. The first-order valence-corrected chi connectivity index (χ1v) is 9.86. The van der Waals surface area contributed by atoms with Crippen LogP contribution in [-0.4, -0.2) is 47.7 Å². The second-order valence-corrected chi connectivity index (χ2v) is 8.18. The Balaban J connectivity index is 1.50.